The number of carbonyl (C=O) groups is 1. The van der Waals surface area contributed by atoms with Crippen LogP contribution in [0.25, 0.3) is 0 Å². The molecule has 0 radical (unpaired) electrons. The van der Waals surface area contributed by atoms with Crippen molar-refractivity contribution in [2.24, 2.45) is 0 Å². The fourth-order valence-corrected chi connectivity index (χ4v) is 1.44. The Labute approximate surface area is 102 Å². The van der Waals surface area contributed by atoms with Crippen molar-refractivity contribution in [3.8, 4) is 0 Å². The van der Waals surface area contributed by atoms with Crippen molar-refractivity contribution in [3.63, 3.8) is 0 Å². The van der Waals surface area contributed by atoms with Crippen LogP contribution in [0, 0.1) is 0 Å². The summed E-state index contributed by atoms with van der Waals surface area (Å²) in [6.45, 7) is 4.92. The minimum absolute atomic E-state index is 0.144. The number of urea groups is 1. The molecule has 2 amide bonds. The van der Waals surface area contributed by atoms with Crippen LogP contribution in [0.3, 0.4) is 0 Å². The van der Waals surface area contributed by atoms with Gasteiger partial charge in [0.05, 0.1) is 0 Å². The standard InChI is InChI=1S/C12H21N3O2/c1-4-6-8-15(3)12(16)13-11-9-10(7-5-2)17-14-11/h9H,4-8H2,1-3H3,(H,13,14,16). The van der Waals surface area contributed by atoms with E-state index in [9.17, 15) is 4.79 Å². The number of hydrogen-bond acceptors (Lipinski definition) is 3. The second-order valence-electron chi connectivity index (χ2n) is 4.13. The summed E-state index contributed by atoms with van der Waals surface area (Å²) in [5.74, 6) is 1.29. The maximum atomic E-state index is 11.7. The summed E-state index contributed by atoms with van der Waals surface area (Å²) in [5.41, 5.74) is 0. The fraction of sp³-hybridized carbons (Fsp3) is 0.667. The molecular formula is C12H21N3O2. The van der Waals surface area contributed by atoms with Crippen LogP contribution in [-0.2, 0) is 6.42 Å². The summed E-state index contributed by atoms with van der Waals surface area (Å²) in [7, 11) is 1.78. The molecule has 0 saturated carbocycles. The van der Waals surface area contributed by atoms with Crippen LogP contribution in [0.2, 0.25) is 0 Å². The number of unbranched alkanes of at least 4 members (excludes halogenated alkanes) is 1. The first-order chi connectivity index (χ1) is 8.17. The zero-order valence-corrected chi connectivity index (χ0v) is 10.8. The van der Waals surface area contributed by atoms with Gasteiger partial charge in [-0.05, 0) is 12.8 Å². The summed E-state index contributed by atoms with van der Waals surface area (Å²) in [6.07, 6.45) is 3.92. The molecule has 1 rings (SSSR count). The first-order valence-electron chi connectivity index (χ1n) is 6.15. The van der Waals surface area contributed by atoms with E-state index in [1.165, 1.54) is 0 Å². The van der Waals surface area contributed by atoms with Crippen LogP contribution in [-0.4, -0.2) is 29.7 Å². The molecule has 5 nitrogen and oxygen atoms in total. The van der Waals surface area contributed by atoms with E-state index in [1.54, 1.807) is 18.0 Å². The van der Waals surface area contributed by atoms with Crippen LogP contribution in [0.4, 0.5) is 10.6 Å². The second kappa shape index (κ2) is 6.93. The monoisotopic (exact) mass is 239 g/mol. The van der Waals surface area contributed by atoms with E-state index < -0.39 is 0 Å². The van der Waals surface area contributed by atoms with Gasteiger partial charge in [-0.15, -0.1) is 0 Å². The number of carbonyl (C=O) groups excluding carboxylic acids is 1. The molecule has 0 spiro atoms. The molecule has 0 bridgehead atoms. The molecule has 0 aliphatic rings. The van der Waals surface area contributed by atoms with Gasteiger partial charge in [0, 0.05) is 26.1 Å². The summed E-state index contributed by atoms with van der Waals surface area (Å²) < 4.78 is 5.08. The molecule has 1 aromatic rings. The smallest absolute Gasteiger partial charge is 0.322 e. The second-order valence-corrected chi connectivity index (χ2v) is 4.13. The van der Waals surface area contributed by atoms with E-state index in [0.29, 0.717) is 5.82 Å². The average Bonchev–Trinajstić information content (AvgIpc) is 2.74. The van der Waals surface area contributed by atoms with Crippen molar-refractivity contribution < 1.29 is 9.32 Å². The Morgan fingerprint density at radius 3 is 2.88 bits per heavy atom. The first-order valence-corrected chi connectivity index (χ1v) is 6.15. The summed E-state index contributed by atoms with van der Waals surface area (Å²) >= 11 is 0. The lowest BCUT2D eigenvalue weighted by molar-refractivity contribution is 0.221. The molecular weight excluding hydrogens is 218 g/mol. The summed E-state index contributed by atoms with van der Waals surface area (Å²) in [5, 5.41) is 6.52. The number of anilines is 1. The Morgan fingerprint density at radius 1 is 1.47 bits per heavy atom. The van der Waals surface area contributed by atoms with Crippen LogP contribution >= 0.6 is 0 Å². The van der Waals surface area contributed by atoms with Gasteiger partial charge in [0.2, 0.25) is 0 Å². The van der Waals surface area contributed by atoms with Crippen molar-refractivity contribution in [3.05, 3.63) is 11.8 Å². The molecule has 5 heteroatoms. The predicted molar refractivity (Wildman–Crippen MR) is 67.1 cm³/mol. The van der Waals surface area contributed by atoms with Crippen LogP contribution in [0.1, 0.15) is 38.9 Å². The lowest BCUT2D eigenvalue weighted by Gasteiger charge is -2.15. The number of aryl methyl sites for hydroxylation is 1. The van der Waals surface area contributed by atoms with Crippen molar-refractivity contribution in [1.82, 2.24) is 10.1 Å². The zero-order chi connectivity index (χ0) is 12.7. The third kappa shape index (κ3) is 4.46. The van der Waals surface area contributed by atoms with Crippen LogP contribution < -0.4 is 5.32 Å². The van der Waals surface area contributed by atoms with Gasteiger partial charge in [-0.1, -0.05) is 25.4 Å². The molecule has 0 aliphatic carbocycles. The van der Waals surface area contributed by atoms with Crippen molar-refractivity contribution in [2.75, 3.05) is 18.9 Å². The van der Waals surface area contributed by atoms with Crippen LogP contribution in [0.15, 0.2) is 10.6 Å². The lowest BCUT2D eigenvalue weighted by Crippen LogP contribution is -2.32. The molecule has 1 aromatic heterocycles. The molecule has 0 unspecified atom stereocenters. The van der Waals surface area contributed by atoms with E-state index in [2.05, 4.69) is 24.3 Å². The van der Waals surface area contributed by atoms with E-state index in [0.717, 1.165) is 38.0 Å². The van der Waals surface area contributed by atoms with Crippen molar-refractivity contribution in [2.45, 2.75) is 39.5 Å². The maximum Gasteiger partial charge on any atom is 0.322 e. The van der Waals surface area contributed by atoms with Gasteiger partial charge in [-0.3, -0.25) is 5.32 Å². The zero-order valence-electron chi connectivity index (χ0n) is 10.8. The largest absolute Gasteiger partial charge is 0.359 e. The average molecular weight is 239 g/mol. The van der Waals surface area contributed by atoms with Gasteiger partial charge >= 0.3 is 6.03 Å². The topological polar surface area (TPSA) is 58.4 Å². The molecule has 17 heavy (non-hydrogen) atoms. The highest BCUT2D eigenvalue weighted by Gasteiger charge is 2.11. The summed E-state index contributed by atoms with van der Waals surface area (Å²) in [4.78, 5) is 13.4. The van der Waals surface area contributed by atoms with E-state index >= 15 is 0 Å². The van der Waals surface area contributed by atoms with E-state index in [4.69, 9.17) is 4.52 Å². The van der Waals surface area contributed by atoms with Gasteiger partial charge in [-0.2, -0.15) is 0 Å². The molecule has 0 atom stereocenters. The normalized spacial score (nSPS) is 10.3. The molecule has 0 saturated heterocycles. The first kappa shape index (κ1) is 13.5. The number of hydrogen-bond donors (Lipinski definition) is 1. The Hall–Kier alpha value is -1.52. The fourth-order valence-electron chi connectivity index (χ4n) is 1.44. The van der Waals surface area contributed by atoms with Crippen LogP contribution in [0.5, 0.6) is 0 Å². The van der Waals surface area contributed by atoms with Crippen molar-refractivity contribution in [1.29, 1.82) is 0 Å². The van der Waals surface area contributed by atoms with Gasteiger partial charge in [0.15, 0.2) is 5.82 Å². The minimum Gasteiger partial charge on any atom is -0.359 e. The van der Waals surface area contributed by atoms with Gasteiger partial charge < -0.3 is 9.42 Å². The highest BCUT2D eigenvalue weighted by Crippen LogP contribution is 2.11. The third-order valence-corrected chi connectivity index (χ3v) is 2.48. The Balaban J connectivity index is 2.43. The molecule has 0 fully saturated rings. The van der Waals surface area contributed by atoms with Gasteiger partial charge in [0.1, 0.15) is 5.76 Å². The number of nitrogens with one attached hydrogen (secondary N) is 1. The maximum absolute atomic E-state index is 11.7. The number of nitrogens with zero attached hydrogens (tertiary/aromatic N) is 2. The molecule has 1 heterocycles. The molecule has 0 aliphatic heterocycles. The number of aromatic nitrogens is 1. The SMILES string of the molecule is CCCCN(C)C(=O)Nc1cc(CCC)on1. The Kier molecular flexibility index (Phi) is 5.52. The lowest BCUT2D eigenvalue weighted by atomic mass is 10.3. The number of amides is 2. The highest BCUT2D eigenvalue weighted by molar-refractivity contribution is 5.87. The quantitative estimate of drug-likeness (QED) is 0.830. The Bertz CT molecular complexity index is 349. The van der Waals surface area contributed by atoms with E-state index in [-0.39, 0.29) is 6.03 Å². The highest BCUT2D eigenvalue weighted by atomic mass is 16.5. The molecule has 96 valence electrons. The molecule has 0 aromatic carbocycles. The van der Waals surface area contributed by atoms with E-state index in [1.807, 2.05) is 0 Å². The van der Waals surface area contributed by atoms with Gasteiger partial charge in [0.25, 0.3) is 0 Å². The Morgan fingerprint density at radius 2 is 2.24 bits per heavy atom. The third-order valence-electron chi connectivity index (χ3n) is 2.48. The van der Waals surface area contributed by atoms with Crippen molar-refractivity contribution >= 4 is 11.8 Å². The number of rotatable bonds is 6. The van der Waals surface area contributed by atoms with Gasteiger partial charge in [-0.25, -0.2) is 4.79 Å². The summed E-state index contributed by atoms with van der Waals surface area (Å²) in [6, 6.07) is 1.63. The molecule has 1 N–H and O–H groups in total. The predicted octanol–water partition coefficient (Wildman–Crippen LogP) is 2.89. The minimum atomic E-state index is -0.144.